The summed E-state index contributed by atoms with van der Waals surface area (Å²) >= 11 is 5.95. The summed E-state index contributed by atoms with van der Waals surface area (Å²) < 4.78 is 5.78. The van der Waals surface area contributed by atoms with Crippen LogP contribution in [0.1, 0.15) is 29.8 Å². The first kappa shape index (κ1) is 23.1. The van der Waals surface area contributed by atoms with E-state index in [1.165, 1.54) is 5.56 Å². The minimum atomic E-state index is -0.0697. The maximum Gasteiger partial charge on any atom is 0.260 e. The van der Waals surface area contributed by atoms with Gasteiger partial charge in [-0.1, -0.05) is 23.7 Å². The highest BCUT2D eigenvalue weighted by atomic mass is 35.5. The Bertz CT molecular complexity index is 876. The van der Waals surface area contributed by atoms with E-state index in [1.54, 1.807) is 6.07 Å². The molecule has 6 nitrogen and oxygen atoms in total. The fourth-order valence-electron chi connectivity index (χ4n) is 3.77. The zero-order valence-corrected chi connectivity index (χ0v) is 19.0. The summed E-state index contributed by atoms with van der Waals surface area (Å²) in [6.45, 7) is 9.59. The smallest absolute Gasteiger partial charge is 0.260 e. The molecule has 1 saturated heterocycles. The van der Waals surface area contributed by atoms with Gasteiger partial charge in [-0.05, 0) is 43.7 Å². The highest BCUT2D eigenvalue weighted by Crippen LogP contribution is 2.25. The molecule has 0 spiro atoms. The van der Waals surface area contributed by atoms with Gasteiger partial charge in [0.1, 0.15) is 5.75 Å². The first-order valence-electron chi connectivity index (χ1n) is 10.8. The highest BCUT2D eigenvalue weighted by Gasteiger charge is 2.22. The number of hydrogen-bond donors (Lipinski definition) is 0. The van der Waals surface area contributed by atoms with Gasteiger partial charge in [-0.3, -0.25) is 14.5 Å². The Kier molecular flexibility index (Phi) is 8.32. The molecular weight excluding hydrogens is 414 g/mol. The van der Waals surface area contributed by atoms with E-state index in [4.69, 9.17) is 16.3 Å². The van der Waals surface area contributed by atoms with Gasteiger partial charge in [0.15, 0.2) is 12.9 Å². The Morgan fingerprint density at radius 3 is 2.35 bits per heavy atom. The van der Waals surface area contributed by atoms with Crippen molar-refractivity contribution in [1.29, 1.82) is 0 Å². The van der Waals surface area contributed by atoms with Gasteiger partial charge in [0.2, 0.25) is 0 Å². The number of benzene rings is 2. The lowest BCUT2D eigenvalue weighted by molar-refractivity contribution is -0.135. The Morgan fingerprint density at radius 1 is 1.06 bits per heavy atom. The molecule has 0 bridgehead atoms. The number of anilines is 1. The molecule has 3 rings (SSSR count). The van der Waals surface area contributed by atoms with Crippen LogP contribution in [0, 0.1) is 0 Å². The van der Waals surface area contributed by atoms with E-state index in [1.807, 2.05) is 41.3 Å². The minimum absolute atomic E-state index is 0.0590. The molecule has 0 saturated carbocycles. The molecule has 0 aromatic heterocycles. The highest BCUT2D eigenvalue weighted by molar-refractivity contribution is 6.30. The van der Waals surface area contributed by atoms with Gasteiger partial charge < -0.3 is 14.5 Å². The standard InChI is InChI=1S/C24H30ClN3O3/c1-3-27(4-2)22-10-7-20(17-29)23(15-22)31-18-24(30)28-13-11-26(12-14-28)16-19-5-8-21(25)9-6-19/h5-10,15,17H,3-4,11-14,16,18H2,1-2H3. The lowest BCUT2D eigenvalue weighted by Crippen LogP contribution is -2.49. The van der Waals surface area contributed by atoms with Crippen LogP contribution < -0.4 is 9.64 Å². The van der Waals surface area contributed by atoms with E-state index in [9.17, 15) is 9.59 Å². The number of carbonyl (C=O) groups excluding carboxylic acids is 2. The summed E-state index contributed by atoms with van der Waals surface area (Å²) in [6.07, 6.45) is 0.765. The fraction of sp³-hybridized carbons (Fsp3) is 0.417. The summed E-state index contributed by atoms with van der Waals surface area (Å²) in [6, 6.07) is 13.4. The van der Waals surface area contributed by atoms with Crippen LogP contribution in [0.4, 0.5) is 5.69 Å². The van der Waals surface area contributed by atoms with Crippen molar-refractivity contribution in [3.63, 3.8) is 0 Å². The second kappa shape index (κ2) is 11.2. The lowest BCUT2D eigenvalue weighted by Gasteiger charge is -2.34. The van der Waals surface area contributed by atoms with Crippen molar-refractivity contribution in [3.05, 3.63) is 58.6 Å². The van der Waals surface area contributed by atoms with Crippen molar-refractivity contribution in [2.24, 2.45) is 0 Å². The molecule has 1 amide bonds. The molecule has 1 aliphatic heterocycles. The van der Waals surface area contributed by atoms with E-state index in [0.717, 1.165) is 49.7 Å². The number of piperazine rings is 1. The van der Waals surface area contributed by atoms with E-state index in [0.29, 0.717) is 24.4 Å². The van der Waals surface area contributed by atoms with Crippen molar-refractivity contribution >= 4 is 29.5 Å². The first-order chi connectivity index (χ1) is 15.0. The second-order valence-electron chi connectivity index (χ2n) is 7.58. The van der Waals surface area contributed by atoms with Gasteiger partial charge >= 0.3 is 0 Å². The summed E-state index contributed by atoms with van der Waals surface area (Å²) in [5.41, 5.74) is 2.65. The molecule has 2 aromatic carbocycles. The normalized spacial score (nSPS) is 14.4. The maximum absolute atomic E-state index is 12.7. The monoisotopic (exact) mass is 443 g/mol. The fourth-order valence-corrected chi connectivity index (χ4v) is 3.89. The SMILES string of the molecule is CCN(CC)c1ccc(C=O)c(OCC(=O)N2CCN(Cc3ccc(Cl)cc3)CC2)c1. The summed E-state index contributed by atoms with van der Waals surface area (Å²) in [7, 11) is 0. The molecule has 2 aromatic rings. The van der Waals surface area contributed by atoms with Crippen molar-refractivity contribution < 1.29 is 14.3 Å². The largest absolute Gasteiger partial charge is 0.483 e. The Balaban J connectivity index is 1.52. The third kappa shape index (κ3) is 6.21. The second-order valence-corrected chi connectivity index (χ2v) is 8.02. The average molecular weight is 444 g/mol. The van der Waals surface area contributed by atoms with Gasteiger partial charge in [0, 0.05) is 62.6 Å². The van der Waals surface area contributed by atoms with Crippen LogP contribution in [-0.4, -0.2) is 67.9 Å². The van der Waals surface area contributed by atoms with Crippen LogP contribution in [0.3, 0.4) is 0 Å². The lowest BCUT2D eigenvalue weighted by atomic mass is 10.2. The molecule has 0 N–H and O–H groups in total. The molecule has 166 valence electrons. The third-order valence-electron chi connectivity index (χ3n) is 5.65. The molecule has 0 atom stereocenters. The van der Waals surface area contributed by atoms with Crippen molar-refractivity contribution in [2.45, 2.75) is 20.4 Å². The van der Waals surface area contributed by atoms with Crippen molar-refractivity contribution in [3.8, 4) is 5.75 Å². The zero-order chi connectivity index (χ0) is 22.2. The van der Waals surface area contributed by atoms with Crippen molar-refractivity contribution in [1.82, 2.24) is 9.80 Å². The Morgan fingerprint density at radius 2 is 1.74 bits per heavy atom. The molecule has 0 aliphatic carbocycles. The van der Waals surface area contributed by atoms with Crippen LogP contribution in [0.25, 0.3) is 0 Å². The number of ether oxygens (including phenoxy) is 1. The predicted octanol–water partition coefficient (Wildman–Crippen LogP) is 3.72. The Labute approximate surface area is 189 Å². The molecule has 0 radical (unpaired) electrons. The van der Waals surface area contributed by atoms with E-state index >= 15 is 0 Å². The minimum Gasteiger partial charge on any atom is -0.483 e. The molecule has 31 heavy (non-hydrogen) atoms. The van der Waals surface area contributed by atoms with Gasteiger partial charge in [0.05, 0.1) is 5.56 Å². The first-order valence-corrected chi connectivity index (χ1v) is 11.1. The molecule has 0 unspecified atom stereocenters. The topological polar surface area (TPSA) is 53.1 Å². The number of aldehydes is 1. The van der Waals surface area contributed by atoms with Gasteiger partial charge in [0.25, 0.3) is 5.91 Å². The van der Waals surface area contributed by atoms with E-state index in [-0.39, 0.29) is 12.5 Å². The van der Waals surface area contributed by atoms with Crippen LogP contribution in [0.15, 0.2) is 42.5 Å². The molecule has 1 heterocycles. The van der Waals surface area contributed by atoms with Crippen LogP contribution in [0.5, 0.6) is 5.75 Å². The van der Waals surface area contributed by atoms with Crippen LogP contribution >= 0.6 is 11.6 Å². The molecule has 1 aliphatic rings. The number of hydrogen-bond acceptors (Lipinski definition) is 5. The number of nitrogens with zero attached hydrogens (tertiary/aromatic N) is 3. The van der Waals surface area contributed by atoms with Crippen LogP contribution in [-0.2, 0) is 11.3 Å². The summed E-state index contributed by atoms with van der Waals surface area (Å²) in [5, 5.41) is 0.736. The number of amides is 1. The average Bonchev–Trinajstić information content (AvgIpc) is 2.80. The van der Waals surface area contributed by atoms with Crippen LogP contribution in [0.2, 0.25) is 5.02 Å². The number of halogens is 1. The maximum atomic E-state index is 12.7. The van der Waals surface area contributed by atoms with Crippen molar-refractivity contribution in [2.75, 3.05) is 50.8 Å². The predicted molar refractivity (Wildman–Crippen MR) is 124 cm³/mol. The van der Waals surface area contributed by atoms with Gasteiger partial charge in [-0.2, -0.15) is 0 Å². The summed E-state index contributed by atoms with van der Waals surface area (Å²) in [4.78, 5) is 30.4. The van der Waals surface area contributed by atoms with Gasteiger partial charge in [-0.25, -0.2) is 0 Å². The van der Waals surface area contributed by atoms with E-state index < -0.39 is 0 Å². The molecule has 1 fully saturated rings. The third-order valence-corrected chi connectivity index (χ3v) is 5.90. The number of rotatable bonds is 9. The van der Waals surface area contributed by atoms with E-state index in [2.05, 4.69) is 23.6 Å². The Hall–Kier alpha value is -2.57. The molecular formula is C24H30ClN3O3. The quantitative estimate of drug-likeness (QED) is 0.553. The van der Waals surface area contributed by atoms with Gasteiger partial charge in [-0.15, -0.1) is 0 Å². The number of carbonyl (C=O) groups is 2. The summed E-state index contributed by atoms with van der Waals surface area (Å²) in [5.74, 6) is 0.394. The zero-order valence-electron chi connectivity index (χ0n) is 18.2. The molecule has 7 heteroatoms.